The third kappa shape index (κ3) is 2.90. The second kappa shape index (κ2) is 6.78. The summed E-state index contributed by atoms with van der Waals surface area (Å²) >= 11 is 0. The summed E-state index contributed by atoms with van der Waals surface area (Å²) in [7, 11) is 0. The van der Waals surface area contributed by atoms with Gasteiger partial charge >= 0.3 is 0 Å². The molecule has 1 aromatic heterocycles. The van der Waals surface area contributed by atoms with Gasteiger partial charge in [0.05, 0.1) is 0 Å². The van der Waals surface area contributed by atoms with Crippen LogP contribution in [0, 0.1) is 0 Å². The van der Waals surface area contributed by atoms with Crippen molar-refractivity contribution in [2.45, 2.75) is 0 Å². The van der Waals surface area contributed by atoms with Crippen LogP contribution in [0.25, 0.3) is 43.8 Å². The lowest BCUT2D eigenvalue weighted by Gasteiger charge is -2.08. The van der Waals surface area contributed by atoms with Crippen LogP contribution >= 0.6 is 0 Å². The van der Waals surface area contributed by atoms with Crippen molar-refractivity contribution >= 4 is 44.1 Å². The Labute approximate surface area is 174 Å². The number of anilines is 2. The van der Waals surface area contributed by atoms with Gasteiger partial charge in [0, 0.05) is 22.1 Å². The molecule has 0 aliphatic carbocycles. The molecule has 0 saturated heterocycles. The van der Waals surface area contributed by atoms with Crippen LogP contribution in [0.15, 0.2) is 114 Å². The first-order valence-corrected chi connectivity index (χ1v) is 10.1. The second-order valence-corrected chi connectivity index (χ2v) is 7.58. The Morgan fingerprint density at radius 2 is 1.10 bits per heavy atom. The first-order valence-electron chi connectivity index (χ1n) is 10.1. The summed E-state index contributed by atoms with van der Waals surface area (Å²) in [5, 5.41) is 8.22. The molecule has 0 spiro atoms. The second-order valence-electron chi connectivity index (χ2n) is 7.58. The van der Waals surface area contributed by atoms with Crippen molar-refractivity contribution in [1.29, 1.82) is 0 Å². The Morgan fingerprint density at radius 1 is 0.467 bits per heavy atom. The average Bonchev–Trinajstić information content (AvgIpc) is 3.15. The van der Waals surface area contributed by atoms with Crippen LogP contribution in [-0.2, 0) is 0 Å². The highest BCUT2D eigenvalue weighted by molar-refractivity contribution is 6.10. The zero-order valence-corrected chi connectivity index (χ0v) is 16.3. The minimum Gasteiger partial charge on any atom is -0.456 e. The lowest BCUT2D eigenvalue weighted by Crippen LogP contribution is -1.89. The number of rotatable bonds is 3. The van der Waals surface area contributed by atoms with E-state index in [2.05, 4.69) is 102 Å². The van der Waals surface area contributed by atoms with Crippen molar-refractivity contribution < 1.29 is 4.42 Å². The van der Waals surface area contributed by atoms with E-state index >= 15 is 0 Å². The number of benzene rings is 5. The molecule has 0 atom stereocenters. The highest BCUT2D eigenvalue weighted by Crippen LogP contribution is 2.34. The lowest BCUT2D eigenvalue weighted by molar-refractivity contribution is 0.669. The molecule has 0 bridgehead atoms. The smallest absolute Gasteiger partial charge is 0.136 e. The molecule has 30 heavy (non-hydrogen) atoms. The number of fused-ring (bicyclic) bond motifs is 4. The van der Waals surface area contributed by atoms with Gasteiger partial charge in [0.15, 0.2) is 0 Å². The minimum absolute atomic E-state index is 0.908. The van der Waals surface area contributed by atoms with Crippen molar-refractivity contribution in [2.75, 3.05) is 5.32 Å². The van der Waals surface area contributed by atoms with Crippen LogP contribution in [0.2, 0.25) is 0 Å². The van der Waals surface area contributed by atoms with E-state index in [4.69, 9.17) is 4.42 Å². The van der Waals surface area contributed by atoms with Gasteiger partial charge in [-0.05, 0) is 64.4 Å². The van der Waals surface area contributed by atoms with E-state index in [1.54, 1.807) is 0 Å². The standard InChI is InChI=1S/C28H19NO/c1-2-6-19(7-3-1)20-10-12-23(13-11-20)29-24-14-15-27-26(18-24)25-16-21-8-4-5-9-22(21)17-28(25)30-27/h1-18,29H. The van der Waals surface area contributed by atoms with E-state index in [-0.39, 0.29) is 0 Å². The SMILES string of the molecule is c1ccc(-c2ccc(Nc3ccc4oc5cc6ccccc6cc5c4c3)cc2)cc1. The van der Waals surface area contributed by atoms with Crippen molar-refractivity contribution in [3.05, 3.63) is 109 Å². The maximum Gasteiger partial charge on any atom is 0.136 e. The largest absolute Gasteiger partial charge is 0.456 e. The number of nitrogens with one attached hydrogen (secondary N) is 1. The fourth-order valence-electron chi connectivity index (χ4n) is 4.08. The zero-order valence-electron chi connectivity index (χ0n) is 16.3. The summed E-state index contributed by atoms with van der Waals surface area (Å²) in [4.78, 5) is 0. The Kier molecular flexibility index (Phi) is 3.82. The predicted octanol–water partition coefficient (Wildman–Crippen LogP) is 8.15. The predicted molar refractivity (Wildman–Crippen MR) is 126 cm³/mol. The molecule has 1 N–H and O–H groups in total. The first-order chi connectivity index (χ1) is 14.8. The molecule has 2 heteroatoms. The van der Waals surface area contributed by atoms with E-state index in [9.17, 15) is 0 Å². The minimum atomic E-state index is 0.908. The normalized spacial score (nSPS) is 11.3. The van der Waals surface area contributed by atoms with Crippen molar-refractivity contribution in [1.82, 2.24) is 0 Å². The van der Waals surface area contributed by atoms with Gasteiger partial charge in [-0.25, -0.2) is 0 Å². The van der Waals surface area contributed by atoms with E-state index in [1.165, 1.54) is 21.9 Å². The van der Waals surface area contributed by atoms with Gasteiger partial charge < -0.3 is 9.73 Å². The van der Waals surface area contributed by atoms with Crippen LogP contribution in [0.4, 0.5) is 11.4 Å². The quantitative estimate of drug-likeness (QED) is 0.332. The molecular formula is C28H19NO. The number of furan rings is 1. The third-order valence-electron chi connectivity index (χ3n) is 5.62. The van der Waals surface area contributed by atoms with Gasteiger partial charge in [0.1, 0.15) is 11.2 Å². The first kappa shape index (κ1) is 16.9. The van der Waals surface area contributed by atoms with Gasteiger partial charge in [0.2, 0.25) is 0 Å². The summed E-state index contributed by atoms with van der Waals surface area (Å²) < 4.78 is 6.10. The highest BCUT2D eigenvalue weighted by Gasteiger charge is 2.09. The maximum absolute atomic E-state index is 6.10. The topological polar surface area (TPSA) is 25.2 Å². The molecule has 0 fully saturated rings. The van der Waals surface area contributed by atoms with E-state index in [0.717, 1.165) is 33.3 Å². The molecule has 0 unspecified atom stereocenters. The Balaban J connectivity index is 1.36. The molecular weight excluding hydrogens is 366 g/mol. The number of hydrogen-bond acceptors (Lipinski definition) is 2. The number of hydrogen-bond donors (Lipinski definition) is 1. The lowest BCUT2D eigenvalue weighted by atomic mass is 10.1. The summed E-state index contributed by atoms with van der Waals surface area (Å²) in [6.07, 6.45) is 0. The van der Waals surface area contributed by atoms with Gasteiger partial charge in [0.25, 0.3) is 0 Å². The highest BCUT2D eigenvalue weighted by atomic mass is 16.3. The molecule has 0 amide bonds. The fourth-order valence-corrected chi connectivity index (χ4v) is 4.08. The van der Waals surface area contributed by atoms with Gasteiger partial charge in [-0.15, -0.1) is 0 Å². The Bertz CT molecular complexity index is 1490. The molecule has 6 aromatic rings. The molecule has 0 aliphatic rings. The molecule has 5 aromatic carbocycles. The van der Waals surface area contributed by atoms with Crippen LogP contribution in [0.1, 0.15) is 0 Å². The molecule has 2 nitrogen and oxygen atoms in total. The Hall–Kier alpha value is -4.04. The fraction of sp³-hybridized carbons (Fsp3) is 0. The summed E-state index contributed by atoms with van der Waals surface area (Å²) in [5.41, 5.74) is 6.38. The summed E-state index contributed by atoms with van der Waals surface area (Å²) in [6, 6.07) is 38.0. The average molecular weight is 385 g/mol. The van der Waals surface area contributed by atoms with Gasteiger partial charge in [-0.3, -0.25) is 0 Å². The molecule has 6 rings (SSSR count). The summed E-state index contributed by atoms with van der Waals surface area (Å²) in [5.74, 6) is 0. The molecule has 1 heterocycles. The van der Waals surface area contributed by atoms with Crippen LogP contribution in [0.5, 0.6) is 0 Å². The third-order valence-corrected chi connectivity index (χ3v) is 5.62. The van der Waals surface area contributed by atoms with Gasteiger partial charge in [-0.1, -0.05) is 66.7 Å². The maximum atomic E-state index is 6.10. The van der Waals surface area contributed by atoms with Crippen molar-refractivity contribution in [3.63, 3.8) is 0 Å². The monoisotopic (exact) mass is 385 g/mol. The van der Waals surface area contributed by atoms with Crippen LogP contribution in [-0.4, -0.2) is 0 Å². The molecule has 0 radical (unpaired) electrons. The summed E-state index contributed by atoms with van der Waals surface area (Å²) in [6.45, 7) is 0. The van der Waals surface area contributed by atoms with Crippen molar-refractivity contribution in [2.24, 2.45) is 0 Å². The molecule has 0 aliphatic heterocycles. The van der Waals surface area contributed by atoms with Crippen LogP contribution in [0.3, 0.4) is 0 Å². The van der Waals surface area contributed by atoms with E-state index in [1.807, 2.05) is 12.1 Å². The van der Waals surface area contributed by atoms with E-state index in [0.29, 0.717) is 0 Å². The van der Waals surface area contributed by atoms with Gasteiger partial charge in [-0.2, -0.15) is 0 Å². The molecule has 142 valence electrons. The van der Waals surface area contributed by atoms with Crippen molar-refractivity contribution in [3.8, 4) is 11.1 Å². The van der Waals surface area contributed by atoms with E-state index < -0.39 is 0 Å². The van der Waals surface area contributed by atoms with Crippen LogP contribution < -0.4 is 5.32 Å². The zero-order chi connectivity index (χ0) is 19.9. The molecule has 0 saturated carbocycles. The Morgan fingerprint density at radius 3 is 1.90 bits per heavy atom.